The van der Waals surface area contributed by atoms with Crippen LogP contribution in [-0.2, 0) is 0 Å². The third-order valence-electron chi connectivity index (χ3n) is 6.92. The zero-order valence-electron chi connectivity index (χ0n) is 23.2. The topological polar surface area (TPSA) is 12.9 Å². The molecule has 0 saturated heterocycles. The quantitative estimate of drug-likeness (QED) is 0.188. The highest BCUT2D eigenvalue weighted by Gasteiger charge is 2.19. The lowest BCUT2D eigenvalue weighted by atomic mass is 10.2. The Bertz CT molecular complexity index is 1670. The smallest absolute Gasteiger partial charge is 0.0785 e. The minimum absolute atomic E-state index is 0.446. The normalized spacial score (nSPS) is 10.8. The minimum Gasteiger partial charge on any atom is -0.256 e. The van der Waals surface area contributed by atoms with Crippen molar-refractivity contribution < 1.29 is 0 Å². The van der Waals surface area contributed by atoms with Crippen molar-refractivity contribution in [3.63, 3.8) is 0 Å². The molecule has 0 aliphatic rings. The summed E-state index contributed by atoms with van der Waals surface area (Å²) in [5, 5.41) is 9.42. The van der Waals surface area contributed by atoms with Crippen LogP contribution in [-0.4, -0.2) is 4.98 Å². The molecule has 42 heavy (non-hydrogen) atoms. The van der Waals surface area contributed by atoms with Crippen LogP contribution >= 0.6 is 15.8 Å². The summed E-state index contributed by atoms with van der Waals surface area (Å²) in [6.07, 6.45) is 1.88. The fourth-order valence-electron chi connectivity index (χ4n) is 5.03. The number of pyridine rings is 1. The zero-order valence-corrected chi connectivity index (χ0v) is 25.0. The number of hydrogen-bond acceptors (Lipinski definition) is 1. The van der Waals surface area contributed by atoms with Gasteiger partial charge in [0.25, 0.3) is 0 Å². The third kappa shape index (κ3) is 6.56. The summed E-state index contributed by atoms with van der Waals surface area (Å²) in [5.41, 5.74) is 1.11. The Labute approximate surface area is 251 Å². The van der Waals surface area contributed by atoms with Crippen LogP contribution in [0.15, 0.2) is 188 Å². The molecule has 0 atom stereocenters. The van der Waals surface area contributed by atoms with Gasteiger partial charge in [-0.1, -0.05) is 176 Å². The van der Waals surface area contributed by atoms with Gasteiger partial charge in [-0.3, -0.25) is 4.98 Å². The van der Waals surface area contributed by atoms with E-state index in [-0.39, 0.29) is 0 Å². The predicted molar refractivity (Wildman–Crippen MR) is 186 cm³/mol. The number of fused-ring (bicyclic) bond motifs is 1. The molecule has 0 saturated carbocycles. The average molecular weight is 576 g/mol. The van der Waals surface area contributed by atoms with E-state index >= 15 is 0 Å². The molecule has 202 valence electrons. The minimum atomic E-state index is -0.608. The summed E-state index contributed by atoms with van der Waals surface area (Å²) in [4.78, 5) is 4.67. The zero-order chi connectivity index (χ0) is 28.4. The first-order chi connectivity index (χ1) is 20.9. The van der Waals surface area contributed by atoms with Crippen molar-refractivity contribution in [3.8, 4) is 0 Å². The highest BCUT2D eigenvalue weighted by molar-refractivity contribution is 7.80. The van der Waals surface area contributed by atoms with Gasteiger partial charge in [0.15, 0.2) is 0 Å². The lowest BCUT2D eigenvalue weighted by molar-refractivity contribution is 1.42. The first kappa shape index (κ1) is 27.7. The third-order valence-corrected chi connectivity index (χ3v) is 11.8. The van der Waals surface area contributed by atoms with Crippen molar-refractivity contribution >= 4 is 58.6 Å². The molecule has 0 amide bonds. The highest BCUT2D eigenvalue weighted by Crippen LogP contribution is 2.35. The molecule has 0 bridgehead atoms. The molecule has 7 rings (SSSR count). The van der Waals surface area contributed by atoms with E-state index in [0.29, 0.717) is 0 Å². The number of aromatic nitrogens is 1. The second-order valence-electron chi connectivity index (χ2n) is 9.70. The summed E-state index contributed by atoms with van der Waals surface area (Å²) in [5.74, 6) is 0. The number of hydrogen-bond donors (Lipinski definition) is 0. The Morgan fingerprint density at radius 1 is 0.310 bits per heavy atom. The van der Waals surface area contributed by atoms with Gasteiger partial charge >= 0.3 is 0 Å². The van der Waals surface area contributed by atoms with Gasteiger partial charge in [-0.15, -0.1) is 0 Å². The van der Waals surface area contributed by atoms with Gasteiger partial charge in [0.05, 0.1) is 5.52 Å². The van der Waals surface area contributed by atoms with E-state index in [1.807, 2.05) is 12.3 Å². The lowest BCUT2D eigenvalue weighted by Gasteiger charge is -2.20. The van der Waals surface area contributed by atoms with Gasteiger partial charge in [0.2, 0.25) is 0 Å². The Balaban J connectivity index is 0.000000153. The van der Waals surface area contributed by atoms with Crippen LogP contribution < -0.4 is 31.8 Å². The molecule has 0 aliphatic heterocycles. The average Bonchev–Trinajstić information content (AvgIpc) is 3.08. The SMILES string of the molecule is c1ccc(P(c2ccccc2)c2cccc3cccnc23)cc1.c1ccc(P(c2ccccc2)c2ccccc2)cc1. The van der Waals surface area contributed by atoms with E-state index in [9.17, 15) is 0 Å². The van der Waals surface area contributed by atoms with E-state index in [1.54, 1.807) is 0 Å². The summed E-state index contributed by atoms with van der Waals surface area (Å²) >= 11 is 0. The second kappa shape index (κ2) is 14.0. The molecule has 6 aromatic carbocycles. The summed E-state index contributed by atoms with van der Waals surface area (Å²) in [6, 6.07) is 64.5. The van der Waals surface area contributed by atoms with Crippen LogP contribution in [0.4, 0.5) is 0 Å². The first-order valence-electron chi connectivity index (χ1n) is 14.1. The Hall–Kier alpha value is -4.41. The van der Waals surface area contributed by atoms with Crippen molar-refractivity contribution in [2.75, 3.05) is 0 Å². The number of nitrogens with zero attached hydrogens (tertiary/aromatic N) is 1. The fourth-order valence-corrected chi connectivity index (χ4v) is 9.76. The van der Waals surface area contributed by atoms with Gasteiger partial charge in [0, 0.05) is 16.9 Å². The molecule has 1 nitrogen and oxygen atoms in total. The fraction of sp³-hybridized carbons (Fsp3) is 0. The molecule has 1 heterocycles. The van der Waals surface area contributed by atoms with Crippen molar-refractivity contribution in [3.05, 3.63) is 188 Å². The highest BCUT2D eigenvalue weighted by atomic mass is 31.1. The van der Waals surface area contributed by atoms with Gasteiger partial charge in [-0.2, -0.15) is 0 Å². The monoisotopic (exact) mass is 575 g/mol. The number of para-hydroxylation sites is 1. The van der Waals surface area contributed by atoms with Crippen LogP contribution in [0.1, 0.15) is 0 Å². The van der Waals surface area contributed by atoms with Crippen LogP contribution in [0, 0.1) is 0 Å². The Morgan fingerprint density at radius 2 is 0.667 bits per heavy atom. The lowest BCUT2D eigenvalue weighted by Crippen LogP contribution is -2.21. The van der Waals surface area contributed by atoms with E-state index in [4.69, 9.17) is 0 Å². The molecule has 0 N–H and O–H groups in total. The number of rotatable bonds is 6. The molecule has 0 aliphatic carbocycles. The van der Waals surface area contributed by atoms with Crippen LogP contribution in [0.2, 0.25) is 0 Å². The standard InChI is InChI=1S/C21H16NP.C18H15P/c1-3-11-18(12-4-1)23(19-13-5-2-6-14-19)20-15-7-9-17-10-8-16-22-21(17)20;1-4-10-16(11-5-1)19(17-12-6-2-7-13-17)18-14-8-3-9-15-18/h1-16H;1-15H. The van der Waals surface area contributed by atoms with Crippen molar-refractivity contribution in [2.45, 2.75) is 0 Å². The molecule has 3 heteroatoms. The molecular formula is C39H31NP2. The van der Waals surface area contributed by atoms with Crippen molar-refractivity contribution in [1.29, 1.82) is 0 Å². The van der Waals surface area contributed by atoms with Gasteiger partial charge < -0.3 is 0 Å². The second-order valence-corrected chi connectivity index (χ2v) is 14.1. The van der Waals surface area contributed by atoms with E-state index < -0.39 is 15.8 Å². The summed E-state index contributed by atoms with van der Waals surface area (Å²) in [7, 11) is -1.05. The Kier molecular flexibility index (Phi) is 9.23. The first-order valence-corrected chi connectivity index (χ1v) is 16.8. The van der Waals surface area contributed by atoms with E-state index in [0.717, 1.165) is 5.52 Å². The molecule has 0 radical (unpaired) electrons. The van der Waals surface area contributed by atoms with Gasteiger partial charge in [-0.25, -0.2) is 0 Å². The Morgan fingerprint density at radius 3 is 1.07 bits per heavy atom. The maximum atomic E-state index is 4.67. The van der Waals surface area contributed by atoms with Crippen molar-refractivity contribution in [2.24, 2.45) is 0 Å². The van der Waals surface area contributed by atoms with Gasteiger partial charge in [-0.05, 0) is 48.4 Å². The van der Waals surface area contributed by atoms with Crippen LogP contribution in [0.3, 0.4) is 0 Å². The van der Waals surface area contributed by atoms with Crippen LogP contribution in [0.5, 0.6) is 0 Å². The largest absolute Gasteiger partial charge is 0.256 e. The molecule has 1 aromatic heterocycles. The predicted octanol–water partition coefficient (Wildman–Crippen LogP) is 7.44. The number of benzene rings is 6. The van der Waals surface area contributed by atoms with Crippen molar-refractivity contribution in [1.82, 2.24) is 4.98 Å². The van der Waals surface area contributed by atoms with Gasteiger partial charge in [0.1, 0.15) is 0 Å². The molecular weight excluding hydrogens is 544 g/mol. The molecule has 0 spiro atoms. The maximum absolute atomic E-state index is 4.67. The van der Waals surface area contributed by atoms with E-state index in [1.165, 1.54) is 37.2 Å². The molecule has 0 unspecified atom stereocenters. The molecule has 7 aromatic rings. The summed E-state index contributed by atoms with van der Waals surface area (Å²) < 4.78 is 0. The van der Waals surface area contributed by atoms with Crippen LogP contribution in [0.25, 0.3) is 10.9 Å². The maximum Gasteiger partial charge on any atom is 0.0785 e. The van der Waals surface area contributed by atoms with E-state index in [2.05, 4.69) is 181 Å². The molecule has 0 fully saturated rings. The summed E-state index contributed by atoms with van der Waals surface area (Å²) in [6.45, 7) is 0.